The van der Waals surface area contributed by atoms with E-state index < -0.39 is 15.8 Å². The molecule has 2 heterocycles. The highest BCUT2D eigenvalue weighted by Crippen LogP contribution is 2.31. The lowest BCUT2D eigenvalue weighted by Crippen LogP contribution is -2.36. The maximum atomic E-state index is 15.1. The monoisotopic (exact) mass is 576 g/mol. The lowest BCUT2D eigenvalue weighted by molar-refractivity contribution is 0.221. The molecule has 216 valence electrons. The van der Waals surface area contributed by atoms with Crippen molar-refractivity contribution in [2.75, 3.05) is 24.1 Å². The summed E-state index contributed by atoms with van der Waals surface area (Å²) < 4.78 is 42.8. The molecule has 8 nitrogen and oxygen atoms in total. The molecule has 0 saturated heterocycles. The van der Waals surface area contributed by atoms with E-state index in [4.69, 9.17) is 9.97 Å². The summed E-state index contributed by atoms with van der Waals surface area (Å²) in [7, 11) is 0.485. The van der Waals surface area contributed by atoms with Crippen LogP contribution in [0.1, 0.15) is 56.6 Å². The number of hydrogen-bond acceptors (Lipinski definition) is 7. The van der Waals surface area contributed by atoms with Crippen LogP contribution >= 0.6 is 0 Å². The van der Waals surface area contributed by atoms with E-state index >= 15 is 4.39 Å². The van der Waals surface area contributed by atoms with Gasteiger partial charge in [0.1, 0.15) is 11.3 Å². The molecular weight excluding hydrogens is 539 g/mol. The second kappa shape index (κ2) is 12.1. The largest absolute Gasteiger partial charge is 0.351 e. The third kappa shape index (κ3) is 7.00. The average Bonchev–Trinajstić information content (AvgIpc) is 2.94. The van der Waals surface area contributed by atoms with Crippen LogP contribution in [0, 0.1) is 5.82 Å². The molecule has 1 aliphatic carbocycles. The Bertz CT molecular complexity index is 1620. The zero-order chi connectivity index (χ0) is 29.1. The van der Waals surface area contributed by atoms with Crippen molar-refractivity contribution in [3.8, 4) is 11.3 Å². The second-order valence-corrected chi connectivity index (χ2v) is 13.1. The maximum absolute atomic E-state index is 15.1. The molecule has 0 spiro atoms. The first-order valence-electron chi connectivity index (χ1n) is 14.0. The quantitative estimate of drug-likeness (QED) is 0.245. The Balaban J connectivity index is 1.36. The summed E-state index contributed by atoms with van der Waals surface area (Å²) in [6, 6.07) is 16.1. The van der Waals surface area contributed by atoms with Crippen molar-refractivity contribution in [1.82, 2.24) is 19.9 Å². The fourth-order valence-electron chi connectivity index (χ4n) is 5.38. The van der Waals surface area contributed by atoms with Gasteiger partial charge >= 0.3 is 0 Å². The van der Waals surface area contributed by atoms with E-state index in [1.165, 1.54) is 12.1 Å². The number of sulfonamides is 1. The molecule has 0 unspecified atom stereocenters. The molecule has 0 atom stereocenters. The first-order valence-corrected chi connectivity index (χ1v) is 15.7. The minimum Gasteiger partial charge on any atom is -0.351 e. The molecule has 4 aromatic rings. The molecule has 1 fully saturated rings. The van der Waals surface area contributed by atoms with Gasteiger partial charge in [0.2, 0.25) is 16.0 Å². The van der Waals surface area contributed by atoms with E-state index in [1.54, 1.807) is 36.5 Å². The van der Waals surface area contributed by atoms with Crippen LogP contribution in [0.15, 0.2) is 60.8 Å². The zero-order valence-electron chi connectivity index (χ0n) is 23.9. The summed E-state index contributed by atoms with van der Waals surface area (Å²) >= 11 is 0. The highest BCUT2D eigenvalue weighted by molar-refractivity contribution is 7.91. The number of fused-ring (bicyclic) bond motifs is 1. The number of hydrogen-bond donors (Lipinski definition) is 2. The van der Waals surface area contributed by atoms with Crippen LogP contribution in [0.5, 0.6) is 0 Å². The highest BCUT2D eigenvalue weighted by Gasteiger charge is 2.23. The predicted octanol–water partition coefficient (Wildman–Crippen LogP) is 6.18. The van der Waals surface area contributed by atoms with Crippen LogP contribution in [0.25, 0.3) is 22.3 Å². The molecular formula is C31H37FN6O2S. The number of pyridine rings is 1. The van der Waals surface area contributed by atoms with E-state index in [0.717, 1.165) is 36.8 Å². The van der Waals surface area contributed by atoms with Crippen molar-refractivity contribution in [3.63, 3.8) is 0 Å². The normalized spacial score (nSPS) is 17.7. The Kier molecular flexibility index (Phi) is 8.51. The summed E-state index contributed by atoms with van der Waals surface area (Å²) in [5.74, 6) is -0.175. The van der Waals surface area contributed by atoms with Gasteiger partial charge in [-0.05, 0) is 75.0 Å². The molecule has 0 bridgehead atoms. The Morgan fingerprint density at radius 3 is 2.39 bits per heavy atom. The summed E-state index contributed by atoms with van der Waals surface area (Å²) in [6.07, 6.45) is 6.15. The van der Waals surface area contributed by atoms with E-state index in [2.05, 4.69) is 47.9 Å². The minimum absolute atomic E-state index is 0.104. The summed E-state index contributed by atoms with van der Waals surface area (Å²) in [5, 5.41) is 3.52. The number of rotatable bonds is 9. The first-order chi connectivity index (χ1) is 19.6. The van der Waals surface area contributed by atoms with Crippen molar-refractivity contribution in [2.45, 2.75) is 63.3 Å². The molecule has 41 heavy (non-hydrogen) atoms. The number of halogens is 1. The van der Waals surface area contributed by atoms with Crippen molar-refractivity contribution in [1.29, 1.82) is 0 Å². The highest BCUT2D eigenvalue weighted by atomic mass is 32.2. The molecule has 10 heteroatoms. The van der Waals surface area contributed by atoms with Crippen molar-refractivity contribution < 1.29 is 12.8 Å². The van der Waals surface area contributed by atoms with Gasteiger partial charge in [0.05, 0.1) is 28.8 Å². The topological polar surface area (TPSA) is 100 Å². The number of aromatic nitrogens is 3. The Morgan fingerprint density at radius 2 is 1.73 bits per heavy atom. The molecule has 2 aromatic carbocycles. The zero-order valence-corrected chi connectivity index (χ0v) is 24.7. The molecule has 2 N–H and O–H groups in total. The van der Waals surface area contributed by atoms with Gasteiger partial charge in [0.15, 0.2) is 0 Å². The van der Waals surface area contributed by atoms with Crippen LogP contribution in [-0.4, -0.2) is 54.4 Å². The first kappa shape index (κ1) is 28.9. The fourth-order valence-corrected chi connectivity index (χ4v) is 6.58. The van der Waals surface area contributed by atoms with E-state index in [0.29, 0.717) is 40.4 Å². The van der Waals surface area contributed by atoms with Gasteiger partial charge in [-0.3, -0.25) is 4.72 Å². The molecule has 0 amide bonds. The van der Waals surface area contributed by atoms with Crippen molar-refractivity contribution >= 4 is 32.7 Å². The standard InChI is InChI=1S/C31H37FN6O2S/c1-20(2)25-17-28(22-10-15-27(26(32)16-22)37-41(39,40)19-21-8-6-5-7-9-21)35-29-18-33-31(36-30(25)29)34-23-11-13-24(14-12-23)38(3)4/h5-10,15-18,20,23-24,37H,11-14,19H2,1-4H3,(H,33,34,36). The van der Waals surface area contributed by atoms with Gasteiger partial charge in [-0.1, -0.05) is 50.2 Å². The van der Waals surface area contributed by atoms with Gasteiger partial charge in [-0.25, -0.2) is 27.8 Å². The smallest absolute Gasteiger partial charge is 0.237 e. The maximum Gasteiger partial charge on any atom is 0.237 e. The molecule has 1 saturated carbocycles. The van der Waals surface area contributed by atoms with Crippen LogP contribution in [0.3, 0.4) is 0 Å². The van der Waals surface area contributed by atoms with Gasteiger partial charge < -0.3 is 10.2 Å². The molecule has 1 aliphatic rings. The van der Waals surface area contributed by atoms with Gasteiger partial charge in [-0.2, -0.15) is 0 Å². The van der Waals surface area contributed by atoms with E-state index in [-0.39, 0.29) is 17.4 Å². The number of benzene rings is 2. The fraction of sp³-hybridized carbons (Fsp3) is 0.387. The second-order valence-electron chi connectivity index (χ2n) is 11.3. The average molecular weight is 577 g/mol. The third-order valence-corrected chi connectivity index (χ3v) is 8.93. The Morgan fingerprint density at radius 1 is 1.00 bits per heavy atom. The van der Waals surface area contributed by atoms with Gasteiger partial charge in [0.25, 0.3) is 0 Å². The van der Waals surface area contributed by atoms with E-state index in [1.807, 2.05) is 12.1 Å². The summed E-state index contributed by atoms with van der Waals surface area (Å²) in [5.41, 5.74) is 4.02. The molecule has 5 rings (SSSR count). The predicted molar refractivity (Wildman–Crippen MR) is 163 cm³/mol. The SMILES string of the molecule is CC(C)c1cc(-c2ccc(NS(=O)(=O)Cc3ccccc3)c(F)c2)nc2cnc(NC3CCC(N(C)C)CC3)nc12. The van der Waals surface area contributed by atoms with Crippen LogP contribution in [0.2, 0.25) is 0 Å². The Labute approximate surface area is 241 Å². The summed E-state index contributed by atoms with van der Waals surface area (Å²) in [6.45, 7) is 4.17. The van der Waals surface area contributed by atoms with Gasteiger partial charge in [-0.15, -0.1) is 0 Å². The van der Waals surface area contributed by atoms with Crippen molar-refractivity contribution in [3.05, 3.63) is 77.7 Å². The molecule has 0 aliphatic heterocycles. The number of nitrogens with zero attached hydrogens (tertiary/aromatic N) is 4. The molecule has 0 radical (unpaired) electrons. The van der Waals surface area contributed by atoms with Crippen LogP contribution in [-0.2, 0) is 15.8 Å². The van der Waals surface area contributed by atoms with E-state index in [9.17, 15) is 8.42 Å². The molecule has 2 aromatic heterocycles. The third-order valence-electron chi connectivity index (χ3n) is 7.69. The Hall–Kier alpha value is -3.63. The van der Waals surface area contributed by atoms with Crippen molar-refractivity contribution in [2.24, 2.45) is 0 Å². The van der Waals surface area contributed by atoms with Crippen LogP contribution in [0.4, 0.5) is 16.0 Å². The lowest BCUT2D eigenvalue weighted by Gasteiger charge is -2.32. The minimum atomic E-state index is -3.79. The number of anilines is 2. The number of nitrogens with one attached hydrogen (secondary N) is 2. The lowest BCUT2D eigenvalue weighted by atomic mass is 9.90. The van der Waals surface area contributed by atoms with Gasteiger partial charge in [0, 0.05) is 17.6 Å². The van der Waals surface area contributed by atoms with Crippen LogP contribution < -0.4 is 10.0 Å². The summed E-state index contributed by atoms with van der Waals surface area (Å²) in [4.78, 5) is 16.4.